The Labute approximate surface area is 68.9 Å². The van der Waals surface area contributed by atoms with Crippen molar-refractivity contribution in [1.29, 1.82) is 0 Å². The maximum Gasteiger partial charge on any atom is 0.0773 e. The number of hydrogen-bond acceptors (Lipinski definition) is 2. The first kappa shape index (κ1) is 10.7. The van der Waals surface area contributed by atoms with E-state index in [2.05, 4.69) is 13.5 Å². The van der Waals surface area contributed by atoms with Crippen LogP contribution in [-0.2, 0) is 4.74 Å². The number of aliphatic hydroxyl groups excluding tert-OH is 1. The minimum atomic E-state index is -0.296. The monoisotopic (exact) mass is 158 g/mol. The van der Waals surface area contributed by atoms with Gasteiger partial charge in [-0.1, -0.05) is 25.8 Å². The van der Waals surface area contributed by atoms with Gasteiger partial charge in [-0.05, 0) is 6.42 Å². The first-order valence-corrected chi connectivity index (χ1v) is 4.18. The van der Waals surface area contributed by atoms with Crippen molar-refractivity contribution >= 4 is 0 Å². The lowest BCUT2D eigenvalue weighted by Crippen LogP contribution is -2.14. The van der Waals surface area contributed by atoms with E-state index in [0.717, 1.165) is 19.3 Å². The van der Waals surface area contributed by atoms with Crippen LogP contribution < -0.4 is 0 Å². The van der Waals surface area contributed by atoms with Gasteiger partial charge in [0.25, 0.3) is 0 Å². The molecule has 0 spiro atoms. The van der Waals surface area contributed by atoms with Gasteiger partial charge in [-0.3, -0.25) is 0 Å². The highest BCUT2D eigenvalue weighted by molar-refractivity contribution is 4.64. The summed E-state index contributed by atoms with van der Waals surface area (Å²) < 4.78 is 5.07. The quantitative estimate of drug-likeness (QED) is 0.451. The molecule has 0 unspecified atom stereocenters. The molecule has 0 aromatic heterocycles. The minimum Gasteiger partial charge on any atom is -0.391 e. The number of aliphatic hydroxyl groups is 1. The summed E-state index contributed by atoms with van der Waals surface area (Å²) in [6, 6.07) is 0. The smallest absolute Gasteiger partial charge is 0.0773 e. The first-order chi connectivity index (χ1) is 5.31. The van der Waals surface area contributed by atoms with Crippen molar-refractivity contribution < 1.29 is 9.84 Å². The Balaban J connectivity index is 3.08. The molecule has 0 saturated carbocycles. The topological polar surface area (TPSA) is 29.5 Å². The fraction of sp³-hybridized carbons (Fsp3) is 0.778. The zero-order valence-corrected chi connectivity index (χ0v) is 7.25. The van der Waals surface area contributed by atoms with Crippen LogP contribution in [0.2, 0.25) is 0 Å². The van der Waals surface area contributed by atoms with Crippen LogP contribution in [0.25, 0.3) is 0 Å². The Kier molecular flexibility index (Phi) is 7.52. The molecule has 0 aliphatic carbocycles. The van der Waals surface area contributed by atoms with Crippen LogP contribution in [0.4, 0.5) is 0 Å². The molecular formula is C9H18O2. The third-order valence-electron chi connectivity index (χ3n) is 1.44. The summed E-state index contributed by atoms with van der Waals surface area (Å²) in [5.74, 6) is 0. The molecule has 0 fully saturated rings. The third kappa shape index (κ3) is 7.56. The van der Waals surface area contributed by atoms with Crippen LogP contribution in [-0.4, -0.2) is 24.4 Å². The van der Waals surface area contributed by atoms with E-state index in [1.165, 1.54) is 0 Å². The molecule has 0 saturated heterocycles. The van der Waals surface area contributed by atoms with Crippen molar-refractivity contribution in [3.63, 3.8) is 0 Å². The van der Waals surface area contributed by atoms with E-state index in [1.807, 2.05) is 0 Å². The summed E-state index contributed by atoms with van der Waals surface area (Å²) in [5.41, 5.74) is 0. The molecule has 2 heteroatoms. The largest absolute Gasteiger partial charge is 0.391 e. The fourth-order valence-corrected chi connectivity index (χ4v) is 0.810. The Bertz CT molecular complexity index is 91.6. The van der Waals surface area contributed by atoms with E-state index in [1.54, 1.807) is 6.08 Å². The number of ether oxygens (including phenoxy) is 1. The second kappa shape index (κ2) is 7.76. The SMILES string of the molecule is C=CCOC[C@@H](O)CCCC. The first-order valence-electron chi connectivity index (χ1n) is 4.18. The molecule has 0 rings (SSSR count). The van der Waals surface area contributed by atoms with Gasteiger partial charge in [0.15, 0.2) is 0 Å². The van der Waals surface area contributed by atoms with Crippen LogP contribution in [0, 0.1) is 0 Å². The van der Waals surface area contributed by atoms with E-state index in [4.69, 9.17) is 4.74 Å². The third-order valence-corrected chi connectivity index (χ3v) is 1.44. The van der Waals surface area contributed by atoms with Gasteiger partial charge in [-0.2, -0.15) is 0 Å². The van der Waals surface area contributed by atoms with Gasteiger partial charge in [-0.15, -0.1) is 6.58 Å². The highest BCUT2D eigenvalue weighted by Crippen LogP contribution is 2.00. The molecule has 0 bridgehead atoms. The zero-order valence-electron chi connectivity index (χ0n) is 7.25. The van der Waals surface area contributed by atoms with Crippen LogP contribution in [0.5, 0.6) is 0 Å². The van der Waals surface area contributed by atoms with Crippen molar-refractivity contribution in [1.82, 2.24) is 0 Å². The lowest BCUT2D eigenvalue weighted by molar-refractivity contribution is 0.0434. The van der Waals surface area contributed by atoms with Crippen molar-refractivity contribution in [3.8, 4) is 0 Å². The van der Waals surface area contributed by atoms with Gasteiger partial charge in [0, 0.05) is 0 Å². The molecule has 0 aromatic rings. The Morgan fingerprint density at radius 2 is 2.36 bits per heavy atom. The average molecular weight is 158 g/mol. The highest BCUT2D eigenvalue weighted by atomic mass is 16.5. The molecule has 11 heavy (non-hydrogen) atoms. The van der Waals surface area contributed by atoms with Gasteiger partial charge >= 0.3 is 0 Å². The van der Waals surface area contributed by atoms with Gasteiger partial charge in [0.1, 0.15) is 0 Å². The molecule has 1 N–H and O–H groups in total. The van der Waals surface area contributed by atoms with Crippen molar-refractivity contribution in [2.45, 2.75) is 32.3 Å². The van der Waals surface area contributed by atoms with E-state index in [0.29, 0.717) is 13.2 Å². The summed E-state index contributed by atoms with van der Waals surface area (Å²) in [6.07, 6.45) is 4.42. The maximum atomic E-state index is 9.25. The lowest BCUT2D eigenvalue weighted by atomic mass is 10.2. The predicted octanol–water partition coefficient (Wildman–Crippen LogP) is 1.74. The van der Waals surface area contributed by atoms with Crippen molar-refractivity contribution in [2.24, 2.45) is 0 Å². The maximum absolute atomic E-state index is 9.25. The number of hydrogen-bond donors (Lipinski definition) is 1. The van der Waals surface area contributed by atoms with Crippen LogP contribution >= 0.6 is 0 Å². The molecule has 0 aromatic carbocycles. The van der Waals surface area contributed by atoms with E-state index < -0.39 is 0 Å². The second-order valence-electron chi connectivity index (χ2n) is 2.62. The highest BCUT2D eigenvalue weighted by Gasteiger charge is 2.01. The van der Waals surface area contributed by atoms with Gasteiger partial charge in [0.2, 0.25) is 0 Å². The molecule has 0 amide bonds. The van der Waals surface area contributed by atoms with Gasteiger partial charge in [0.05, 0.1) is 19.3 Å². The fourth-order valence-electron chi connectivity index (χ4n) is 0.810. The normalized spacial score (nSPS) is 12.9. The van der Waals surface area contributed by atoms with Gasteiger partial charge < -0.3 is 9.84 Å². The minimum absolute atomic E-state index is 0.296. The Hall–Kier alpha value is -0.340. The van der Waals surface area contributed by atoms with Crippen LogP contribution in [0.15, 0.2) is 12.7 Å². The summed E-state index contributed by atoms with van der Waals surface area (Å²) >= 11 is 0. The summed E-state index contributed by atoms with van der Waals surface area (Å²) in [6.45, 7) is 6.59. The second-order valence-corrected chi connectivity index (χ2v) is 2.62. The van der Waals surface area contributed by atoms with E-state index in [-0.39, 0.29) is 6.10 Å². The molecule has 0 aliphatic heterocycles. The summed E-state index contributed by atoms with van der Waals surface area (Å²) in [7, 11) is 0. The Morgan fingerprint density at radius 1 is 1.64 bits per heavy atom. The van der Waals surface area contributed by atoms with E-state index >= 15 is 0 Å². The molecule has 2 nitrogen and oxygen atoms in total. The number of unbranched alkanes of at least 4 members (excludes halogenated alkanes) is 1. The summed E-state index contributed by atoms with van der Waals surface area (Å²) in [4.78, 5) is 0. The predicted molar refractivity (Wildman–Crippen MR) is 46.5 cm³/mol. The Morgan fingerprint density at radius 3 is 2.91 bits per heavy atom. The molecular weight excluding hydrogens is 140 g/mol. The molecule has 66 valence electrons. The van der Waals surface area contributed by atoms with Gasteiger partial charge in [-0.25, -0.2) is 0 Å². The molecule has 0 heterocycles. The standard InChI is InChI=1S/C9H18O2/c1-3-5-6-9(10)8-11-7-4-2/h4,9-10H,2-3,5-8H2,1H3/t9-/m0/s1. The average Bonchev–Trinajstić information content (AvgIpc) is 2.01. The van der Waals surface area contributed by atoms with Crippen molar-refractivity contribution in [2.75, 3.05) is 13.2 Å². The molecule has 1 atom stereocenters. The zero-order chi connectivity index (χ0) is 8.53. The number of rotatable bonds is 7. The molecule has 0 aliphatic rings. The lowest BCUT2D eigenvalue weighted by Gasteiger charge is -2.08. The van der Waals surface area contributed by atoms with Crippen molar-refractivity contribution in [3.05, 3.63) is 12.7 Å². The van der Waals surface area contributed by atoms with Crippen LogP contribution in [0.3, 0.4) is 0 Å². The molecule has 0 radical (unpaired) electrons. The van der Waals surface area contributed by atoms with E-state index in [9.17, 15) is 5.11 Å². The summed E-state index contributed by atoms with van der Waals surface area (Å²) in [5, 5.41) is 9.25. The van der Waals surface area contributed by atoms with Crippen LogP contribution in [0.1, 0.15) is 26.2 Å².